The number of rotatable bonds is 1. The summed E-state index contributed by atoms with van der Waals surface area (Å²) in [7, 11) is 0. The average molecular weight is 240 g/mol. The third kappa shape index (κ3) is 1.52. The van der Waals surface area contributed by atoms with E-state index < -0.39 is 0 Å². The van der Waals surface area contributed by atoms with Crippen LogP contribution in [0.2, 0.25) is 0 Å². The van der Waals surface area contributed by atoms with Crippen LogP contribution >= 0.6 is 0 Å². The standard InChI is InChI=1S/C16H20N2/c1-2-6-11(5-1)15-16-13(9-10-17-15)12-7-3-4-8-14(12)18-16/h3-4,7-8,11,15,17-18H,1-2,5-6,9-10H2. The molecule has 1 fully saturated rings. The van der Waals surface area contributed by atoms with E-state index in [0.717, 1.165) is 12.5 Å². The van der Waals surface area contributed by atoms with Crippen molar-refractivity contribution in [2.24, 2.45) is 5.92 Å². The smallest absolute Gasteiger partial charge is 0.0504 e. The Balaban J connectivity index is 1.83. The molecule has 2 heteroatoms. The van der Waals surface area contributed by atoms with Crippen LogP contribution in [-0.4, -0.2) is 11.5 Å². The number of para-hydroxylation sites is 1. The number of benzene rings is 1. The minimum Gasteiger partial charge on any atom is -0.357 e. The Kier molecular flexibility index (Phi) is 2.44. The monoisotopic (exact) mass is 240 g/mol. The van der Waals surface area contributed by atoms with Crippen molar-refractivity contribution in [3.63, 3.8) is 0 Å². The molecule has 2 nitrogen and oxygen atoms in total. The molecule has 2 N–H and O–H groups in total. The molecular formula is C16H20N2. The second-order valence-corrected chi connectivity index (χ2v) is 5.79. The third-order valence-electron chi connectivity index (χ3n) is 4.77. The van der Waals surface area contributed by atoms with Crippen LogP contribution < -0.4 is 5.32 Å². The Hall–Kier alpha value is -1.28. The van der Waals surface area contributed by atoms with Crippen LogP contribution in [0.25, 0.3) is 10.9 Å². The molecule has 0 saturated heterocycles. The molecule has 2 aliphatic rings. The highest BCUT2D eigenvalue weighted by molar-refractivity contribution is 5.85. The van der Waals surface area contributed by atoms with Gasteiger partial charge in [0.05, 0.1) is 6.04 Å². The van der Waals surface area contributed by atoms with Crippen molar-refractivity contribution in [1.29, 1.82) is 0 Å². The van der Waals surface area contributed by atoms with Gasteiger partial charge in [-0.15, -0.1) is 0 Å². The number of nitrogens with one attached hydrogen (secondary N) is 2. The fourth-order valence-corrected chi connectivity index (χ4v) is 3.90. The Morgan fingerprint density at radius 2 is 1.89 bits per heavy atom. The molecule has 1 aromatic carbocycles. The van der Waals surface area contributed by atoms with Crippen molar-refractivity contribution < 1.29 is 0 Å². The summed E-state index contributed by atoms with van der Waals surface area (Å²) in [5.41, 5.74) is 4.37. The number of fused-ring (bicyclic) bond motifs is 3. The first-order valence-corrected chi connectivity index (χ1v) is 7.26. The number of aromatic amines is 1. The lowest BCUT2D eigenvalue weighted by Crippen LogP contribution is -2.33. The van der Waals surface area contributed by atoms with Crippen LogP contribution in [0.4, 0.5) is 0 Å². The van der Waals surface area contributed by atoms with E-state index in [1.165, 1.54) is 48.7 Å². The maximum Gasteiger partial charge on any atom is 0.0504 e. The first kappa shape index (κ1) is 10.6. The van der Waals surface area contributed by atoms with Crippen molar-refractivity contribution >= 4 is 10.9 Å². The van der Waals surface area contributed by atoms with Crippen LogP contribution in [0.15, 0.2) is 24.3 Å². The Morgan fingerprint density at radius 1 is 1.06 bits per heavy atom. The van der Waals surface area contributed by atoms with E-state index in [4.69, 9.17) is 0 Å². The van der Waals surface area contributed by atoms with Crippen LogP contribution in [0, 0.1) is 5.92 Å². The zero-order valence-corrected chi connectivity index (χ0v) is 10.7. The molecule has 1 aromatic heterocycles. The molecule has 18 heavy (non-hydrogen) atoms. The zero-order chi connectivity index (χ0) is 11.9. The quantitative estimate of drug-likeness (QED) is 0.784. The highest BCUT2D eigenvalue weighted by Gasteiger charge is 2.31. The van der Waals surface area contributed by atoms with E-state index in [0.29, 0.717) is 6.04 Å². The van der Waals surface area contributed by atoms with Crippen molar-refractivity contribution in [3.8, 4) is 0 Å². The lowest BCUT2D eigenvalue weighted by Gasteiger charge is -2.29. The summed E-state index contributed by atoms with van der Waals surface area (Å²) in [6, 6.07) is 9.33. The second-order valence-electron chi connectivity index (χ2n) is 5.79. The van der Waals surface area contributed by atoms with E-state index in [1.807, 2.05) is 0 Å². The summed E-state index contributed by atoms with van der Waals surface area (Å²) in [5, 5.41) is 5.19. The lowest BCUT2D eigenvalue weighted by molar-refractivity contribution is 0.349. The van der Waals surface area contributed by atoms with Gasteiger partial charge in [-0.25, -0.2) is 0 Å². The highest BCUT2D eigenvalue weighted by Crippen LogP contribution is 2.40. The predicted molar refractivity (Wildman–Crippen MR) is 74.7 cm³/mol. The molecule has 0 amide bonds. The second kappa shape index (κ2) is 4.13. The van der Waals surface area contributed by atoms with Crippen LogP contribution in [-0.2, 0) is 6.42 Å². The third-order valence-corrected chi connectivity index (χ3v) is 4.77. The Morgan fingerprint density at radius 3 is 2.78 bits per heavy atom. The summed E-state index contributed by atoms with van der Waals surface area (Å²) in [5.74, 6) is 0.845. The summed E-state index contributed by atoms with van der Waals surface area (Å²) in [4.78, 5) is 3.68. The number of H-pyrrole nitrogens is 1. The average Bonchev–Trinajstić information content (AvgIpc) is 3.05. The van der Waals surface area contributed by atoms with Gasteiger partial charge in [0, 0.05) is 16.6 Å². The normalized spacial score (nSPS) is 24.6. The molecule has 1 atom stereocenters. The van der Waals surface area contributed by atoms with Crippen LogP contribution in [0.5, 0.6) is 0 Å². The summed E-state index contributed by atoms with van der Waals surface area (Å²) in [6.07, 6.45) is 6.79. The molecule has 0 radical (unpaired) electrons. The highest BCUT2D eigenvalue weighted by atomic mass is 15.0. The maximum absolute atomic E-state index is 3.75. The number of hydrogen-bond donors (Lipinski definition) is 2. The fraction of sp³-hybridized carbons (Fsp3) is 0.500. The van der Waals surface area contributed by atoms with Gasteiger partial charge < -0.3 is 10.3 Å². The predicted octanol–water partition coefficient (Wildman–Crippen LogP) is 3.54. The Bertz CT molecular complexity index is 563. The van der Waals surface area contributed by atoms with E-state index in [1.54, 1.807) is 5.56 Å². The topological polar surface area (TPSA) is 27.8 Å². The summed E-state index contributed by atoms with van der Waals surface area (Å²) < 4.78 is 0. The van der Waals surface area contributed by atoms with Crippen LogP contribution in [0.1, 0.15) is 43.0 Å². The number of aromatic nitrogens is 1. The van der Waals surface area contributed by atoms with Gasteiger partial charge >= 0.3 is 0 Å². The van der Waals surface area contributed by atoms with Crippen molar-refractivity contribution in [3.05, 3.63) is 35.5 Å². The van der Waals surface area contributed by atoms with Gasteiger partial charge in [-0.2, -0.15) is 0 Å². The first-order valence-electron chi connectivity index (χ1n) is 7.26. The van der Waals surface area contributed by atoms with Gasteiger partial charge in [-0.05, 0) is 43.4 Å². The van der Waals surface area contributed by atoms with E-state index >= 15 is 0 Å². The fourth-order valence-electron chi connectivity index (χ4n) is 3.90. The molecule has 1 aliphatic heterocycles. The number of hydrogen-bond acceptors (Lipinski definition) is 1. The molecule has 0 spiro atoms. The largest absolute Gasteiger partial charge is 0.357 e. The maximum atomic E-state index is 3.75. The summed E-state index contributed by atoms with van der Waals surface area (Å²) in [6.45, 7) is 1.13. The minimum atomic E-state index is 0.573. The molecule has 1 unspecified atom stereocenters. The Labute approximate surface area is 108 Å². The molecule has 2 heterocycles. The van der Waals surface area contributed by atoms with Crippen molar-refractivity contribution in [2.45, 2.75) is 38.1 Å². The van der Waals surface area contributed by atoms with E-state index in [9.17, 15) is 0 Å². The van der Waals surface area contributed by atoms with Crippen molar-refractivity contribution in [2.75, 3.05) is 6.54 Å². The summed E-state index contributed by atoms with van der Waals surface area (Å²) >= 11 is 0. The van der Waals surface area contributed by atoms with Gasteiger partial charge in [0.1, 0.15) is 0 Å². The zero-order valence-electron chi connectivity index (χ0n) is 10.7. The first-order chi connectivity index (χ1) is 8.93. The van der Waals surface area contributed by atoms with Crippen LogP contribution in [0.3, 0.4) is 0 Å². The molecule has 1 aliphatic carbocycles. The molecule has 1 saturated carbocycles. The van der Waals surface area contributed by atoms with Gasteiger partial charge in [-0.1, -0.05) is 31.0 Å². The van der Waals surface area contributed by atoms with Crippen molar-refractivity contribution in [1.82, 2.24) is 10.3 Å². The van der Waals surface area contributed by atoms with Gasteiger partial charge in [0.25, 0.3) is 0 Å². The lowest BCUT2D eigenvalue weighted by atomic mass is 9.89. The molecular weight excluding hydrogens is 220 g/mol. The van der Waals surface area contributed by atoms with Gasteiger partial charge in [-0.3, -0.25) is 0 Å². The minimum absolute atomic E-state index is 0.573. The SMILES string of the molecule is c1ccc2c3c([nH]c2c1)C(C1CCCC1)NCC3. The molecule has 4 rings (SSSR count). The van der Waals surface area contributed by atoms with E-state index in [2.05, 4.69) is 34.6 Å². The van der Waals surface area contributed by atoms with Gasteiger partial charge in [0.15, 0.2) is 0 Å². The molecule has 2 aromatic rings. The van der Waals surface area contributed by atoms with E-state index in [-0.39, 0.29) is 0 Å². The molecule has 0 bridgehead atoms. The molecule has 94 valence electrons. The van der Waals surface area contributed by atoms with Gasteiger partial charge in [0.2, 0.25) is 0 Å².